The van der Waals surface area contributed by atoms with Gasteiger partial charge < -0.3 is 19.3 Å². The maximum absolute atomic E-state index is 12.0. The van der Waals surface area contributed by atoms with Crippen molar-refractivity contribution in [3.63, 3.8) is 0 Å². The molecule has 0 amide bonds. The molecule has 0 atom stereocenters. The Morgan fingerprint density at radius 1 is 0.667 bits per heavy atom. The second kappa shape index (κ2) is 18.2. The topological polar surface area (TPSA) is 99.1 Å². The van der Waals surface area contributed by atoms with Gasteiger partial charge in [-0.15, -0.1) is 0 Å². The second-order valence-corrected chi connectivity index (χ2v) is 8.09. The molecule has 7 nitrogen and oxygen atoms in total. The number of ether oxygens (including phenoxy) is 3. The minimum Gasteiger partial charge on any atom is -0.465 e. The summed E-state index contributed by atoms with van der Waals surface area (Å²) in [6.45, 7) is 4.55. The van der Waals surface area contributed by atoms with Crippen molar-refractivity contribution in [3.8, 4) is 0 Å². The van der Waals surface area contributed by atoms with Gasteiger partial charge in [0.2, 0.25) is 0 Å². The molecule has 0 saturated carbocycles. The van der Waals surface area contributed by atoms with Crippen LogP contribution in [0.4, 0.5) is 0 Å². The molecule has 0 aromatic heterocycles. The van der Waals surface area contributed by atoms with Crippen LogP contribution in [-0.2, 0) is 28.6 Å². The van der Waals surface area contributed by atoms with E-state index in [2.05, 4.69) is 13.8 Å². The van der Waals surface area contributed by atoms with Crippen LogP contribution >= 0.6 is 0 Å². The van der Waals surface area contributed by atoms with Gasteiger partial charge >= 0.3 is 17.9 Å². The normalized spacial score (nSPS) is 11.2. The van der Waals surface area contributed by atoms with E-state index < -0.39 is 18.0 Å². The van der Waals surface area contributed by atoms with Crippen molar-refractivity contribution in [1.29, 1.82) is 0 Å². The van der Waals surface area contributed by atoms with Crippen molar-refractivity contribution in [2.45, 2.75) is 97.8 Å². The van der Waals surface area contributed by atoms with E-state index in [-0.39, 0.29) is 31.8 Å². The zero-order chi connectivity index (χ0) is 22.7. The SMILES string of the molecule is CCCCCCCC(=O)OCC(CO)(COC(C)=O)COC(=O)CCCCCCC. The lowest BCUT2D eigenvalue weighted by molar-refractivity contribution is -0.164. The number of unbranched alkanes of at least 4 members (excludes halogenated alkanes) is 8. The first kappa shape index (κ1) is 28.4. The molecule has 0 heterocycles. The lowest BCUT2D eigenvalue weighted by Gasteiger charge is -2.30. The van der Waals surface area contributed by atoms with Crippen LogP contribution in [0.2, 0.25) is 0 Å². The highest BCUT2D eigenvalue weighted by molar-refractivity contribution is 5.70. The fourth-order valence-electron chi connectivity index (χ4n) is 2.87. The smallest absolute Gasteiger partial charge is 0.305 e. The Labute approximate surface area is 181 Å². The van der Waals surface area contributed by atoms with Gasteiger partial charge in [0.1, 0.15) is 19.8 Å². The number of rotatable bonds is 19. The van der Waals surface area contributed by atoms with Crippen LogP contribution in [0.5, 0.6) is 0 Å². The van der Waals surface area contributed by atoms with Gasteiger partial charge in [0, 0.05) is 19.8 Å². The molecule has 176 valence electrons. The van der Waals surface area contributed by atoms with Gasteiger partial charge in [0.05, 0.1) is 12.0 Å². The van der Waals surface area contributed by atoms with E-state index in [1.54, 1.807) is 0 Å². The molecule has 1 N–H and O–H groups in total. The molecular weight excluding hydrogens is 388 g/mol. The van der Waals surface area contributed by atoms with Crippen LogP contribution in [0.15, 0.2) is 0 Å². The highest BCUT2D eigenvalue weighted by Gasteiger charge is 2.35. The molecular formula is C23H42O7. The maximum atomic E-state index is 12.0. The predicted molar refractivity (Wildman–Crippen MR) is 115 cm³/mol. The van der Waals surface area contributed by atoms with E-state index in [4.69, 9.17) is 14.2 Å². The lowest BCUT2D eigenvalue weighted by Crippen LogP contribution is -2.42. The zero-order valence-electron chi connectivity index (χ0n) is 19.2. The van der Waals surface area contributed by atoms with Crippen LogP contribution in [0.1, 0.15) is 97.8 Å². The molecule has 0 aliphatic rings. The van der Waals surface area contributed by atoms with Crippen molar-refractivity contribution in [2.24, 2.45) is 5.41 Å². The van der Waals surface area contributed by atoms with Crippen molar-refractivity contribution >= 4 is 17.9 Å². The summed E-state index contributed by atoms with van der Waals surface area (Å²) >= 11 is 0. The maximum Gasteiger partial charge on any atom is 0.305 e. The highest BCUT2D eigenvalue weighted by Crippen LogP contribution is 2.20. The Morgan fingerprint density at radius 3 is 1.43 bits per heavy atom. The largest absolute Gasteiger partial charge is 0.465 e. The molecule has 30 heavy (non-hydrogen) atoms. The van der Waals surface area contributed by atoms with E-state index in [9.17, 15) is 19.5 Å². The van der Waals surface area contributed by atoms with Gasteiger partial charge in [0.25, 0.3) is 0 Å². The molecule has 0 bridgehead atoms. The molecule has 7 heteroatoms. The Balaban J connectivity index is 4.52. The number of esters is 3. The number of hydrogen-bond donors (Lipinski definition) is 1. The van der Waals surface area contributed by atoms with E-state index in [1.165, 1.54) is 6.92 Å². The molecule has 0 rings (SSSR count). The minimum atomic E-state index is -1.15. The molecule has 0 saturated heterocycles. The summed E-state index contributed by atoms with van der Waals surface area (Å²) in [6, 6.07) is 0. The van der Waals surface area contributed by atoms with Gasteiger partial charge in [-0.2, -0.15) is 0 Å². The van der Waals surface area contributed by atoms with Gasteiger partial charge in [-0.25, -0.2) is 0 Å². The van der Waals surface area contributed by atoms with E-state index in [1.807, 2.05) is 0 Å². The fourth-order valence-corrected chi connectivity index (χ4v) is 2.87. The third kappa shape index (κ3) is 15.2. The number of aliphatic hydroxyl groups excluding tert-OH is 1. The number of carbonyl (C=O) groups excluding carboxylic acids is 3. The molecule has 0 aliphatic carbocycles. The third-order valence-corrected chi connectivity index (χ3v) is 4.96. The zero-order valence-corrected chi connectivity index (χ0v) is 19.2. The molecule has 0 aromatic rings. The summed E-state index contributed by atoms with van der Waals surface area (Å²) in [5.41, 5.74) is -1.15. The summed E-state index contributed by atoms with van der Waals surface area (Å²) in [6.07, 6.45) is 10.8. The molecule has 0 radical (unpaired) electrons. The van der Waals surface area contributed by atoms with Crippen LogP contribution in [0, 0.1) is 5.41 Å². The van der Waals surface area contributed by atoms with Crippen molar-refractivity contribution < 1.29 is 33.7 Å². The van der Waals surface area contributed by atoms with Gasteiger partial charge in [0.15, 0.2) is 0 Å². The Kier molecular flexibility index (Phi) is 17.2. The molecule has 0 unspecified atom stereocenters. The Hall–Kier alpha value is -1.63. The number of carbonyl (C=O) groups is 3. The standard InChI is InChI=1S/C23H42O7/c1-4-6-8-10-12-14-21(26)29-18-23(16-24,17-28-20(3)25)19-30-22(27)15-13-11-9-7-5-2/h24H,4-19H2,1-3H3. The predicted octanol–water partition coefficient (Wildman–Crippen LogP) is 4.34. The fraction of sp³-hybridized carbons (Fsp3) is 0.870. The number of aliphatic hydroxyl groups is 1. The third-order valence-electron chi connectivity index (χ3n) is 4.96. The molecule has 0 fully saturated rings. The van der Waals surface area contributed by atoms with E-state index in [0.717, 1.165) is 64.2 Å². The van der Waals surface area contributed by atoms with Crippen LogP contribution in [0.25, 0.3) is 0 Å². The highest BCUT2D eigenvalue weighted by atomic mass is 16.6. The summed E-state index contributed by atoms with van der Waals surface area (Å²) in [5.74, 6) is -1.25. The van der Waals surface area contributed by atoms with E-state index in [0.29, 0.717) is 12.8 Å². The Morgan fingerprint density at radius 2 is 1.07 bits per heavy atom. The van der Waals surface area contributed by atoms with E-state index >= 15 is 0 Å². The average Bonchev–Trinajstić information content (AvgIpc) is 2.73. The first-order valence-corrected chi connectivity index (χ1v) is 11.4. The second-order valence-electron chi connectivity index (χ2n) is 8.09. The summed E-state index contributed by atoms with van der Waals surface area (Å²) in [4.78, 5) is 35.3. The average molecular weight is 431 g/mol. The van der Waals surface area contributed by atoms with Gasteiger partial charge in [-0.1, -0.05) is 65.2 Å². The van der Waals surface area contributed by atoms with Crippen molar-refractivity contribution in [2.75, 3.05) is 26.4 Å². The first-order valence-electron chi connectivity index (χ1n) is 11.4. The molecule has 0 aliphatic heterocycles. The van der Waals surface area contributed by atoms with Crippen LogP contribution in [0.3, 0.4) is 0 Å². The van der Waals surface area contributed by atoms with Crippen molar-refractivity contribution in [3.05, 3.63) is 0 Å². The van der Waals surface area contributed by atoms with Gasteiger partial charge in [-0.05, 0) is 12.8 Å². The Bertz CT molecular complexity index is 446. The summed E-state index contributed by atoms with van der Waals surface area (Å²) in [5, 5.41) is 9.89. The van der Waals surface area contributed by atoms with Gasteiger partial charge in [-0.3, -0.25) is 14.4 Å². The minimum absolute atomic E-state index is 0.172. The molecule has 0 spiro atoms. The first-order chi connectivity index (χ1) is 14.4. The van der Waals surface area contributed by atoms with Crippen LogP contribution < -0.4 is 0 Å². The van der Waals surface area contributed by atoms with Crippen LogP contribution in [-0.4, -0.2) is 49.4 Å². The lowest BCUT2D eigenvalue weighted by atomic mass is 9.92. The summed E-state index contributed by atoms with van der Waals surface area (Å²) in [7, 11) is 0. The monoisotopic (exact) mass is 430 g/mol. The quantitative estimate of drug-likeness (QED) is 0.185. The molecule has 0 aromatic carbocycles. The van der Waals surface area contributed by atoms with Crippen molar-refractivity contribution in [1.82, 2.24) is 0 Å². The number of hydrogen-bond acceptors (Lipinski definition) is 7. The summed E-state index contributed by atoms with van der Waals surface area (Å²) < 4.78 is 15.7.